The van der Waals surface area contributed by atoms with Crippen molar-refractivity contribution in [3.05, 3.63) is 30.6 Å². The van der Waals surface area contributed by atoms with Gasteiger partial charge in [-0.1, -0.05) is 12.1 Å². The van der Waals surface area contributed by atoms with Crippen LogP contribution in [0.25, 0.3) is 11.0 Å². The highest BCUT2D eigenvalue weighted by atomic mass is 16.4. The molecule has 2 saturated carbocycles. The standard InChI is InChI=1S/C19H24N4O3/c24-18(10-23-12-20-16-3-1-2-4-17(16)23)21-14-7-15(8-14)22(11-19(25)26)9-13-5-6-13/h1-4,12-15H,5-11H2,(H,21,24)(H,25,26). The third-order valence-electron chi connectivity index (χ3n) is 5.36. The Kier molecular flexibility index (Phi) is 4.63. The van der Waals surface area contributed by atoms with Crippen LogP contribution < -0.4 is 5.32 Å². The van der Waals surface area contributed by atoms with Crippen molar-refractivity contribution in [1.29, 1.82) is 0 Å². The maximum absolute atomic E-state index is 12.3. The van der Waals surface area contributed by atoms with Gasteiger partial charge in [0.2, 0.25) is 5.91 Å². The molecule has 7 heteroatoms. The lowest BCUT2D eigenvalue weighted by Gasteiger charge is -2.42. The van der Waals surface area contributed by atoms with Gasteiger partial charge in [0.15, 0.2) is 0 Å². The van der Waals surface area contributed by atoms with E-state index in [2.05, 4.69) is 15.2 Å². The lowest BCUT2D eigenvalue weighted by atomic mass is 9.85. The molecule has 26 heavy (non-hydrogen) atoms. The molecular weight excluding hydrogens is 332 g/mol. The smallest absolute Gasteiger partial charge is 0.317 e. The minimum absolute atomic E-state index is 0.0245. The highest BCUT2D eigenvalue weighted by Crippen LogP contribution is 2.33. The summed E-state index contributed by atoms with van der Waals surface area (Å²) in [5.74, 6) is -0.133. The molecule has 2 aliphatic carbocycles. The molecule has 0 saturated heterocycles. The number of carbonyl (C=O) groups is 2. The molecule has 0 radical (unpaired) electrons. The molecular formula is C19H24N4O3. The van der Waals surface area contributed by atoms with E-state index in [0.717, 1.165) is 30.4 Å². The van der Waals surface area contributed by atoms with E-state index < -0.39 is 5.97 Å². The van der Waals surface area contributed by atoms with Crippen molar-refractivity contribution in [2.75, 3.05) is 13.1 Å². The summed E-state index contributed by atoms with van der Waals surface area (Å²) in [5.41, 5.74) is 1.83. The van der Waals surface area contributed by atoms with Gasteiger partial charge in [-0.25, -0.2) is 4.98 Å². The average Bonchev–Trinajstić information content (AvgIpc) is 3.29. The van der Waals surface area contributed by atoms with Gasteiger partial charge in [0, 0.05) is 18.6 Å². The largest absolute Gasteiger partial charge is 0.480 e. The maximum Gasteiger partial charge on any atom is 0.317 e. The van der Waals surface area contributed by atoms with E-state index in [9.17, 15) is 9.59 Å². The summed E-state index contributed by atoms with van der Waals surface area (Å²) in [7, 11) is 0. The van der Waals surface area contributed by atoms with Crippen molar-refractivity contribution in [3.8, 4) is 0 Å². The van der Waals surface area contributed by atoms with Gasteiger partial charge in [-0.05, 0) is 43.7 Å². The Labute approximate surface area is 152 Å². The van der Waals surface area contributed by atoms with E-state index >= 15 is 0 Å². The van der Waals surface area contributed by atoms with Crippen molar-refractivity contribution < 1.29 is 14.7 Å². The molecule has 2 fully saturated rings. The van der Waals surface area contributed by atoms with Crippen LogP contribution in [0.4, 0.5) is 0 Å². The second kappa shape index (κ2) is 7.07. The third kappa shape index (κ3) is 3.88. The van der Waals surface area contributed by atoms with E-state index in [4.69, 9.17) is 5.11 Å². The number of aromatic nitrogens is 2. The minimum atomic E-state index is -0.773. The number of nitrogens with one attached hydrogen (secondary N) is 1. The normalized spacial score (nSPS) is 22.3. The van der Waals surface area contributed by atoms with Gasteiger partial charge in [0.05, 0.1) is 23.9 Å². The number of benzene rings is 1. The summed E-state index contributed by atoms with van der Waals surface area (Å²) in [6.45, 7) is 1.23. The van der Waals surface area contributed by atoms with Gasteiger partial charge < -0.3 is 15.0 Å². The number of hydrogen-bond acceptors (Lipinski definition) is 4. The van der Waals surface area contributed by atoms with E-state index in [1.807, 2.05) is 28.8 Å². The molecule has 0 unspecified atom stereocenters. The summed E-state index contributed by atoms with van der Waals surface area (Å²) in [6, 6.07) is 8.15. The molecule has 1 aromatic carbocycles. The molecule has 2 aromatic rings. The van der Waals surface area contributed by atoms with Gasteiger partial charge in [0.1, 0.15) is 6.54 Å². The Hall–Kier alpha value is -2.41. The molecule has 1 aromatic heterocycles. The van der Waals surface area contributed by atoms with E-state index in [-0.39, 0.29) is 31.1 Å². The van der Waals surface area contributed by atoms with Crippen LogP contribution in [-0.4, -0.2) is 56.6 Å². The van der Waals surface area contributed by atoms with Crippen molar-refractivity contribution in [2.45, 2.75) is 44.3 Å². The summed E-state index contributed by atoms with van der Waals surface area (Å²) in [5, 5.41) is 12.2. The summed E-state index contributed by atoms with van der Waals surface area (Å²) < 4.78 is 1.85. The first-order valence-electron chi connectivity index (χ1n) is 9.23. The van der Waals surface area contributed by atoms with Crippen LogP contribution in [0.2, 0.25) is 0 Å². The van der Waals surface area contributed by atoms with Gasteiger partial charge in [-0.3, -0.25) is 14.5 Å². The Morgan fingerprint density at radius 3 is 2.77 bits per heavy atom. The SMILES string of the molecule is O=C(O)CN(CC1CC1)C1CC(NC(=O)Cn2cnc3ccccc32)C1. The van der Waals surface area contributed by atoms with Crippen LogP contribution in [0.15, 0.2) is 30.6 Å². The fourth-order valence-corrected chi connectivity index (χ4v) is 3.72. The van der Waals surface area contributed by atoms with Gasteiger partial charge in [-0.15, -0.1) is 0 Å². The van der Waals surface area contributed by atoms with E-state index in [1.165, 1.54) is 12.8 Å². The third-order valence-corrected chi connectivity index (χ3v) is 5.36. The zero-order valence-corrected chi connectivity index (χ0v) is 14.7. The number of aliphatic carboxylic acids is 1. The Morgan fingerprint density at radius 1 is 1.27 bits per heavy atom. The quantitative estimate of drug-likeness (QED) is 0.748. The van der Waals surface area contributed by atoms with Gasteiger partial charge in [0.25, 0.3) is 0 Å². The molecule has 1 amide bonds. The predicted octanol–water partition coefficient (Wildman–Crippen LogP) is 1.48. The number of hydrogen-bond donors (Lipinski definition) is 2. The molecule has 2 N–H and O–H groups in total. The number of carboxylic acid groups (broad SMARTS) is 1. The number of carboxylic acids is 1. The van der Waals surface area contributed by atoms with Gasteiger partial charge >= 0.3 is 5.97 Å². The van der Waals surface area contributed by atoms with Crippen LogP contribution in [0.5, 0.6) is 0 Å². The topological polar surface area (TPSA) is 87.5 Å². The van der Waals surface area contributed by atoms with Gasteiger partial charge in [-0.2, -0.15) is 0 Å². The van der Waals surface area contributed by atoms with E-state index in [0.29, 0.717) is 5.92 Å². The number of amides is 1. The molecule has 0 aliphatic heterocycles. The fraction of sp³-hybridized carbons (Fsp3) is 0.526. The highest BCUT2D eigenvalue weighted by molar-refractivity contribution is 5.80. The van der Waals surface area contributed by atoms with Crippen LogP contribution in [0.3, 0.4) is 0 Å². The van der Waals surface area contributed by atoms with E-state index in [1.54, 1.807) is 6.33 Å². The first-order chi connectivity index (χ1) is 12.6. The zero-order valence-electron chi connectivity index (χ0n) is 14.7. The maximum atomic E-state index is 12.3. The number of carbonyl (C=O) groups excluding carboxylic acids is 1. The van der Waals surface area contributed by atoms with Crippen LogP contribution in [-0.2, 0) is 16.1 Å². The molecule has 0 spiro atoms. The van der Waals surface area contributed by atoms with Crippen molar-refractivity contribution in [2.24, 2.45) is 5.92 Å². The van der Waals surface area contributed by atoms with Crippen molar-refractivity contribution >= 4 is 22.9 Å². The van der Waals surface area contributed by atoms with Crippen molar-refractivity contribution in [3.63, 3.8) is 0 Å². The molecule has 2 aliphatic rings. The molecule has 7 nitrogen and oxygen atoms in total. The number of nitrogens with zero attached hydrogens (tertiary/aromatic N) is 3. The summed E-state index contributed by atoms with van der Waals surface area (Å²) in [4.78, 5) is 29.8. The Bertz CT molecular complexity index is 808. The Morgan fingerprint density at radius 2 is 2.04 bits per heavy atom. The summed E-state index contributed by atoms with van der Waals surface area (Å²) in [6.07, 6.45) is 5.77. The number of imidazole rings is 1. The molecule has 4 rings (SSSR count). The monoisotopic (exact) mass is 356 g/mol. The summed E-state index contributed by atoms with van der Waals surface area (Å²) >= 11 is 0. The Balaban J connectivity index is 1.27. The highest BCUT2D eigenvalue weighted by Gasteiger charge is 2.37. The lowest BCUT2D eigenvalue weighted by Crippen LogP contribution is -2.55. The second-order valence-corrected chi connectivity index (χ2v) is 7.52. The fourth-order valence-electron chi connectivity index (χ4n) is 3.72. The van der Waals surface area contributed by atoms with Crippen molar-refractivity contribution in [1.82, 2.24) is 19.8 Å². The van der Waals surface area contributed by atoms with Crippen LogP contribution >= 0.6 is 0 Å². The first-order valence-corrected chi connectivity index (χ1v) is 9.23. The molecule has 0 bridgehead atoms. The first kappa shape index (κ1) is 17.0. The number of para-hydroxylation sites is 2. The van der Waals surface area contributed by atoms with Crippen LogP contribution in [0, 0.1) is 5.92 Å². The molecule has 1 heterocycles. The lowest BCUT2D eigenvalue weighted by molar-refractivity contribution is -0.140. The zero-order chi connectivity index (χ0) is 18.1. The number of rotatable bonds is 8. The average molecular weight is 356 g/mol. The second-order valence-electron chi connectivity index (χ2n) is 7.52. The predicted molar refractivity (Wildman–Crippen MR) is 96.6 cm³/mol. The minimum Gasteiger partial charge on any atom is -0.480 e. The molecule has 0 atom stereocenters. The molecule has 138 valence electrons. The van der Waals surface area contributed by atoms with Crippen LogP contribution in [0.1, 0.15) is 25.7 Å². The number of fused-ring (bicyclic) bond motifs is 1.